The fraction of sp³-hybridized carbons (Fsp3) is 0.471. The largest absolute Gasteiger partial charge is 0.325 e. The molecule has 2 fully saturated rings. The first kappa shape index (κ1) is 17.3. The summed E-state index contributed by atoms with van der Waals surface area (Å²) in [6.45, 7) is 1.85. The minimum absolute atomic E-state index is 0.103. The van der Waals surface area contributed by atoms with E-state index in [1.807, 2.05) is 40.6 Å². The fourth-order valence-corrected chi connectivity index (χ4v) is 3.81. The topological polar surface area (TPSA) is 116 Å². The summed E-state index contributed by atoms with van der Waals surface area (Å²) < 4.78 is 3.67. The molecule has 0 aliphatic heterocycles. The maximum absolute atomic E-state index is 12.7. The van der Waals surface area contributed by atoms with Crippen molar-refractivity contribution >= 4 is 23.4 Å². The van der Waals surface area contributed by atoms with Crippen LogP contribution >= 0.6 is 11.8 Å². The van der Waals surface area contributed by atoms with Crippen LogP contribution in [0.15, 0.2) is 29.4 Å². The van der Waals surface area contributed by atoms with E-state index in [4.69, 9.17) is 0 Å². The van der Waals surface area contributed by atoms with E-state index in [2.05, 4.69) is 36.4 Å². The number of rotatable bonds is 7. The Morgan fingerprint density at radius 1 is 1.11 bits per heavy atom. The lowest BCUT2D eigenvalue weighted by molar-refractivity contribution is -0.115. The molecule has 10 nitrogen and oxygen atoms in total. The zero-order chi connectivity index (χ0) is 19.1. The molecule has 1 amide bonds. The normalized spacial score (nSPS) is 17.5. The Hall–Kier alpha value is -2.82. The number of hydrogen-bond donors (Lipinski definition) is 1. The van der Waals surface area contributed by atoms with Crippen LogP contribution in [0.2, 0.25) is 0 Å². The number of carbonyl (C=O) groups excluding carboxylic acids is 1. The zero-order valence-corrected chi connectivity index (χ0v) is 16.1. The van der Waals surface area contributed by atoms with Gasteiger partial charge in [-0.2, -0.15) is 0 Å². The van der Waals surface area contributed by atoms with Crippen LogP contribution in [-0.2, 0) is 4.79 Å². The second-order valence-electron chi connectivity index (χ2n) is 7.15. The molecule has 2 aliphatic carbocycles. The lowest BCUT2D eigenvalue weighted by atomic mass is 10.2. The Labute approximate surface area is 165 Å². The molecule has 2 aromatic heterocycles. The standard InChI is InChI=1S/C17H19N9OS/c1-10(28-17-20-22-24-26(17)14-7-8-14)16(27)18-12-4-2-3-11(9-12)15-19-21-23-25(15)13-5-6-13/h2-4,9-10,13-14H,5-8H2,1H3,(H,18,27). The van der Waals surface area contributed by atoms with Crippen LogP contribution < -0.4 is 5.32 Å². The molecular formula is C17H19N9OS. The van der Waals surface area contributed by atoms with Crippen molar-refractivity contribution in [2.45, 2.75) is 55.1 Å². The molecule has 11 heteroatoms. The minimum Gasteiger partial charge on any atom is -0.325 e. The van der Waals surface area contributed by atoms with E-state index in [1.165, 1.54) is 11.8 Å². The first-order valence-corrected chi connectivity index (χ1v) is 10.2. The Morgan fingerprint density at radius 3 is 2.61 bits per heavy atom. The highest BCUT2D eigenvalue weighted by atomic mass is 32.2. The Balaban J connectivity index is 1.28. The molecule has 1 unspecified atom stereocenters. The van der Waals surface area contributed by atoms with Crippen molar-refractivity contribution in [2.75, 3.05) is 5.32 Å². The van der Waals surface area contributed by atoms with Crippen molar-refractivity contribution in [2.24, 2.45) is 0 Å². The summed E-state index contributed by atoms with van der Waals surface area (Å²) >= 11 is 1.37. The second-order valence-corrected chi connectivity index (χ2v) is 8.45. The van der Waals surface area contributed by atoms with E-state index in [0.717, 1.165) is 37.1 Å². The van der Waals surface area contributed by atoms with Gasteiger partial charge in [0.25, 0.3) is 0 Å². The predicted molar refractivity (Wildman–Crippen MR) is 102 cm³/mol. The van der Waals surface area contributed by atoms with Gasteiger partial charge in [0.1, 0.15) is 0 Å². The van der Waals surface area contributed by atoms with Crippen LogP contribution in [0.4, 0.5) is 5.69 Å². The van der Waals surface area contributed by atoms with Gasteiger partial charge in [0.2, 0.25) is 11.1 Å². The molecule has 0 radical (unpaired) electrons. The first-order chi connectivity index (χ1) is 13.7. The van der Waals surface area contributed by atoms with E-state index in [1.54, 1.807) is 0 Å². The highest BCUT2D eigenvalue weighted by molar-refractivity contribution is 8.00. The van der Waals surface area contributed by atoms with Crippen molar-refractivity contribution in [3.05, 3.63) is 24.3 Å². The monoisotopic (exact) mass is 397 g/mol. The maximum Gasteiger partial charge on any atom is 0.237 e. The Morgan fingerprint density at radius 2 is 1.82 bits per heavy atom. The van der Waals surface area contributed by atoms with Gasteiger partial charge in [-0.1, -0.05) is 23.9 Å². The van der Waals surface area contributed by atoms with Crippen LogP contribution in [0.3, 0.4) is 0 Å². The van der Waals surface area contributed by atoms with Crippen LogP contribution in [0.1, 0.15) is 44.7 Å². The zero-order valence-electron chi connectivity index (χ0n) is 15.3. The summed E-state index contributed by atoms with van der Waals surface area (Å²) in [6.07, 6.45) is 4.38. The van der Waals surface area contributed by atoms with Crippen molar-refractivity contribution in [1.29, 1.82) is 0 Å². The molecule has 1 N–H and O–H groups in total. The number of thioether (sulfide) groups is 1. The number of nitrogens with zero attached hydrogens (tertiary/aromatic N) is 8. The molecular weight excluding hydrogens is 378 g/mol. The van der Waals surface area contributed by atoms with Gasteiger partial charge in [-0.15, -0.1) is 10.2 Å². The smallest absolute Gasteiger partial charge is 0.237 e. The van der Waals surface area contributed by atoms with Gasteiger partial charge in [0, 0.05) is 11.3 Å². The van der Waals surface area contributed by atoms with Crippen LogP contribution in [0.5, 0.6) is 0 Å². The average Bonchev–Trinajstić information content (AvgIpc) is 3.63. The van der Waals surface area contributed by atoms with Gasteiger partial charge in [0.05, 0.1) is 17.3 Å². The van der Waals surface area contributed by atoms with Crippen LogP contribution in [0, 0.1) is 0 Å². The highest BCUT2D eigenvalue weighted by Crippen LogP contribution is 2.38. The molecule has 2 aliphatic rings. The second kappa shape index (κ2) is 6.97. The third-order valence-corrected chi connectivity index (χ3v) is 5.83. The van der Waals surface area contributed by atoms with E-state index >= 15 is 0 Å². The molecule has 28 heavy (non-hydrogen) atoms. The van der Waals surface area contributed by atoms with Crippen molar-refractivity contribution in [3.8, 4) is 11.4 Å². The number of tetrazole rings is 2. The Bertz CT molecular complexity index is 1010. The number of anilines is 1. The lowest BCUT2D eigenvalue weighted by Crippen LogP contribution is -2.23. The number of hydrogen-bond acceptors (Lipinski definition) is 8. The maximum atomic E-state index is 12.7. The minimum atomic E-state index is -0.330. The molecule has 5 rings (SSSR count). The average molecular weight is 397 g/mol. The van der Waals surface area contributed by atoms with E-state index in [-0.39, 0.29) is 11.2 Å². The van der Waals surface area contributed by atoms with Crippen molar-refractivity contribution < 1.29 is 4.79 Å². The summed E-state index contributed by atoms with van der Waals surface area (Å²) in [5.41, 5.74) is 1.59. The van der Waals surface area contributed by atoms with Gasteiger partial charge in [-0.3, -0.25) is 4.79 Å². The number of nitrogens with one attached hydrogen (secondary N) is 1. The predicted octanol–water partition coefficient (Wildman–Crippen LogP) is 2.12. The highest BCUT2D eigenvalue weighted by Gasteiger charge is 2.30. The van der Waals surface area contributed by atoms with Gasteiger partial charge >= 0.3 is 0 Å². The van der Waals surface area contributed by atoms with E-state index in [0.29, 0.717) is 22.9 Å². The van der Waals surface area contributed by atoms with Crippen molar-refractivity contribution in [3.63, 3.8) is 0 Å². The molecule has 0 spiro atoms. The quantitative estimate of drug-likeness (QED) is 0.603. The third kappa shape index (κ3) is 3.49. The summed E-state index contributed by atoms with van der Waals surface area (Å²) in [7, 11) is 0. The summed E-state index contributed by atoms with van der Waals surface area (Å²) in [4.78, 5) is 12.7. The summed E-state index contributed by atoms with van der Waals surface area (Å²) in [6, 6.07) is 8.36. The SMILES string of the molecule is CC(Sc1nnnn1C1CC1)C(=O)Nc1cccc(-c2nnnn2C2CC2)c1. The molecule has 0 bridgehead atoms. The van der Waals surface area contributed by atoms with Crippen LogP contribution in [-0.4, -0.2) is 51.6 Å². The van der Waals surface area contributed by atoms with E-state index in [9.17, 15) is 4.79 Å². The molecule has 0 saturated heterocycles. The molecule has 1 atom stereocenters. The fourth-order valence-electron chi connectivity index (χ4n) is 2.95. The number of carbonyl (C=O) groups is 1. The molecule has 144 valence electrons. The van der Waals surface area contributed by atoms with E-state index < -0.39 is 0 Å². The van der Waals surface area contributed by atoms with Crippen LogP contribution in [0.25, 0.3) is 11.4 Å². The molecule has 2 saturated carbocycles. The van der Waals surface area contributed by atoms with Gasteiger partial charge in [-0.05, 0) is 65.6 Å². The number of aromatic nitrogens is 8. The third-order valence-electron chi connectivity index (χ3n) is 4.78. The van der Waals surface area contributed by atoms with Gasteiger partial charge in [0.15, 0.2) is 5.82 Å². The lowest BCUT2D eigenvalue weighted by Gasteiger charge is -2.12. The summed E-state index contributed by atoms with van der Waals surface area (Å²) in [5, 5.41) is 27.2. The van der Waals surface area contributed by atoms with Gasteiger partial charge in [-0.25, -0.2) is 9.36 Å². The summed E-state index contributed by atoms with van der Waals surface area (Å²) in [5.74, 6) is 0.624. The Kier molecular flexibility index (Phi) is 4.30. The molecule has 1 aromatic carbocycles. The number of amides is 1. The molecule has 2 heterocycles. The van der Waals surface area contributed by atoms with Crippen molar-refractivity contribution in [1.82, 2.24) is 40.4 Å². The first-order valence-electron chi connectivity index (χ1n) is 9.33. The van der Waals surface area contributed by atoms with Gasteiger partial charge < -0.3 is 5.32 Å². The number of benzene rings is 1. The molecule has 3 aromatic rings.